The molecular formula is C22H17FO7. The summed E-state index contributed by atoms with van der Waals surface area (Å²) in [6.07, 6.45) is 2.49. The number of ether oxygens (including phenoxy) is 1. The maximum atomic E-state index is 13.0. The Labute approximate surface area is 170 Å². The fraction of sp³-hybridized carbons (Fsp3) is 0.136. The molecule has 0 spiro atoms. The van der Waals surface area contributed by atoms with Crippen LogP contribution in [0, 0.1) is 5.82 Å². The third-order valence-electron chi connectivity index (χ3n) is 4.00. The first-order chi connectivity index (χ1) is 14.4. The first-order valence-electron chi connectivity index (χ1n) is 8.97. The van der Waals surface area contributed by atoms with Gasteiger partial charge in [-0.15, -0.1) is 0 Å². The summed E-state index contributed by atoms with van der Waals surface area (Å²) >= 11 is 0. The molecule has 0 aliphatic carbocycles. The topological polar surface area (TPSA) is 107 Å². The Morgan fingerprint density at radius 1 is 1.13 bits per heavy atom. The molecule has 1 N–H and O–H groups in total. The minimum Gasteiger partial charge on any atom is -0.501 e. The van der Waals surface area contributed by atoms with Gasteiger partial charge in [-0.1, -0.05) is 12.1 Å². The van der Waals surface area contributed by atoms with Crippen LogP contribution in [0.2, 0.25) is 0 Å². The molecule has 0 radical (unpaired) electrons. The molecule has 154 valence electrons. The summed E-state index contributed by atoms with van der Waals surface area (Å²) in [5.41, 5.74) is -0.0866. The molecule has 0 amide bonds. The molecule has 3 rings (SSSR count). The molecule has 0 aliphatic heterocycles. The smallest absolute Gasteiger partial charge is 0.330 e. The minimum absolute atomic E-state index is 0.118. The van der Waals surface area contributed by atoms with Gasteiger partial charge in [-0.25, -0.2) is 9.18 Å². The third-order valence-corrected chi connectivity index (χ3v) is 4.00. The zero-order valence-corrected chi connectivity index (χ0v) is 15.9. The van der Waals surface area contributed by atoms with Gasteiger partial charge >= 0.3 is 5.97 Å². The van der Waals surface area contributed by atoms with Crippen molar-refractivity contribution in [2.24, 2.45) is 0 Å². The van der Waals surface area contributed by atoms with Crippen LogP contribution in [0.15, 0.2) is 62.2 Å². The Kier molecular flexibility index (Phi) is 6.26. The van der Waals surface area contributed by atoms with E-state index in [0.717, 1.165) is 23.8 Å². The zero-order chi connectivity index (χ0) is 21.7. The van der Waals surface area contributed by atoms with E-state index in [9.17, 15) is 23.9 Å². The summed E-state index contributed by atoms with van der Waals surface area (Å²) in [6.45, 7) is 1.81. The first kappa shape index (κ1) is 20.8. The fourth-order valence-electron chi connectivity index (χ4n) is 2.59. The average Bonchev–Trinajstić information content (AvgIpc) is 3.18. The molecule has 2 heterocycles. The van der Waals surface area contributed by atoms with Gasteiger partial charge in [0.05, 0.1) is 6.61 Å². The SMILES string of the molecule is CCOC(=O)/C=C/c1cc(=O)c(O)c(C(=O)c2ccc(Cc3ccc(F)cc3)o2)o1. The van der Waals surface area contributed by atoms with Crippen LogP contribution in [0.5, 0.6) is 5.75 Å². The lowest BCUT2D eigenvalue weighted by Gasteiger charge is -2.03. The van der Waals surface area contributed by atoms with Crippen molar-refractivity contribution in [2.45, 2.75) is 13.3 Å². The van der Waals surface area contributed by atoms with Gasteiger partial charge in [-0.2, -0.15) is 0 Å². The van der Waals surface area contributed by atoms with E-state index in [0.29, 0.717) is 12.2 Å². The summed E-state index contributed by atoms with van der Waals surface area (Å²) in [5, 5.41) is 9.96. The van der Waals surface area contributed by atoms with Crippen LogP contribution >= 0.6 is 0 Å². The maximum Gasteiger partial charge on any atom is 0.330 e. The zero-order valence-electron chi connectivity index (χ0n) is 15.9. The highest BCUT2D eigenvalue weighted by Gasteiger charge is 2.23. The van der Waals surface area contributed by atoms with E-state index in [1.807, 2.05) is 0 Å². The fourth-order valence-corrected chi connectivity index (χ4v) is 2.59. The van der Waals surface area contributed by atoms with E-state index in [1.54, 1.807) is 25.1 Å². The van der Waals surface area contributed by atoms with E-state index in [1.165, 1.54) is 18.2 Å². The number of furan rings is 1. The summed E-state index contributed by atoms with van der Waals surface area (Å²) in [6, 6.07) is 9.66. The first-order valence-corrected chi connectivity index (χ1v) is 8.97. The highest BCUT2D eigenvalue weighted by molar-refractivity contribution is 6.06. The predicted molar refractivity (Wildman–Crippen MR) is 104 cm³/mol. The molecule has 0 aliphatic rings. The van der Waals surface area contributed by atoms with Gasteiger partial charge in [0.1, 0.15) is 17.3 Å². The Bertz CT molecular complexity index is 1150. The number of esters is 1. The highest BCUT2D eigenvalue weighted by Crippen LogP contribution is 2.22. The number of carbonyl (C=O) groups is 2. The summed E-state index contributed by atoms with van der Waals surface area (Å²) in [5.74, 6) is -3.21. The van der Waals surface area contributed by atoms with Crippen molar-refractivity contribution in [1.29, 1.82) is 0 Å². The standard InChI is InChI=1S/C22H17FO7/c1-2-28-19(25)10-8-16-12-17(24)20(26)22(30-16)21(27)18-9-7-15(29-18)11-13-3-5-14(23)6-4-13/h3-10,12,26H,2,11H2,1H3/b10-8+. The number of rotatable bonds is 7. The van der Waals surface area contributed by atoms with Crippen molar-refractivity contribution in [3.8, 4) is 5.75 Å². The van der Waals surface area contributed by atoms with Crippen LogP contribution in [0.3, 0.4) is 0 Å². The second-order valence-electron chi connectivity index (χ2n) is 6.17. The van der Waals surface area contributed by atoms with Crippen LogP contribution in [0.1, 0.15) is 40.3 Å². The molecule has 30 heavy (non-hydrogen) atoms. The minimum atomic E-state index is -0.871. The Morgan fingerprint density at radius 3 is 2.57 bits per heavy atom. The normalized spacial score (nSPS) is 11.0. The van der Waals surface area contributed by atoms with Gasteiger partial charge in [-0.3, -0.25) is 9.59 Å². The number of aromatic hydroxyl groups is 1. The Hall–Kier alpha value is -3.94. The quantitative estimate of drug-likeness (QED) is 0.360. The van der Waals surface area contributed by atoms with Crippen LogP contribution in [-0.4, -0.2) is 23.5 Å². The van der Waals surface area contributed by atoms with Gasteiger partial charge in [0.2, 0.25) is 16.9 Å². The average molecular weight is 412 g/mol. The summed E-state index contributed by atoms with van der Waals surface area (Å²) < 4.78 is 28.5. The molecule has 0 unspecified atom stereocenters. The van der Waals surface area contributed by atoms with E-state index in [4.69, 9.17) is 13.6 Å². The second kappa shape index (κ2) is 9.04. The molecule has 2 aromatic heterocycles. The molecule has 0 fully saturated rings. The predicted octanol–water partition coefficient (Wildman–Crippen LogP) is 3.48. The number of ketones is 1. The van der Waals surface area contributed by atoms with Crippen molar-refractivity contribution < 1.29 is 32.7 Å². The van der Waals surface area contributed by atoms with Gasteiger partial charge in [0.15, 0.2) is 5.76 Å². The molecule has 0 bridgehead atoms. The Morgan fingerprint density at radius 2 is 1.87 bits per heavy atom. The number of hydrogen-bond donors (Lipinski definition) is 1. The number of carbonyl (C=O) groups excluding carboxylic acids is 2. The molecule has 8 heteroatoms. The van der Waals surface area contributed by atoms with Gasteiger partial charge in [-0.05, 0) is 42.8 Å². The third kappa shape index (κ3) is 4.91. The maximum absolute atomic E-state index is 13.0. The largest absolute Gasteiger partial charge is 0.501 e. The summed E-state index contributed by atoms with van der Waals surface area (Å²) in [7, 11) is 0. The number of hydrogen-bond acceptors (Lipinski definition) is 7. The van der Waals surface area contributed by atoms with Gasteiger partial charge in [0, 0.05) is 18.6 Å². The van der Waals surface area contributed by atoms with Crippen LogP contribution in [0.25, 0.3) is 6.08 Å². The van der Waals surface area contributed by atoms with E-state index >= 15 is 0 Å². The van der Waals surface area contributed by atoms with Crippen molar-refractivity contribution >= 4 is 17.8 Å². The van der Waals surface area contributed by atoms with Crippen molar-refractivity contribution in [3.63, 3.8) is 0 Å². The molecular weight excluding hydrogens is 395 g/mol. The molecule has 0 saturated heterocycles. The lowest BCUT2D eigenvalue weighted by molar-refractivity contribution is -0.137. The van der Waals surface area contributed by atoms with Crippen LogP contribution in [0.4, 0.5) is 4.39 Å². The van der Waals surface area contributed by atoms with E-state index < -0.39 is 28.7 Å². The van der Waals surface area contributed by atoms with Crippen molar-refractivity contribution in [1.82, 2.24) is 0 Å². The lowest BCUT2D eigenvalue weighted by atomic mass is 10.1. The van der Waals surface area contributed by atoms with Gasteiger partial charge < -0.3 is 18.7 Å². The highest BCUT2D eigenvalue weighted by atomic mass is 19.1. The molecule has 0 atom stereocenters. The summed E-state index contributed by atoms with van der Waals surface area (Å²) in [4.78, 5) is 36.0. The number of benzene rings is 1. The van der Waals surface area contributed by atoms with Crippen molar-refractivity contribution in [2.75, 3.05) is 6.61 Å². The monoisotopic (exact) mass is 412 g/mol. The molecule has 3 aromatic rings. The second-order valence-corrected chi connectivity index (χ2v) is 6.17. The van der Waals surface area contributed by atoms with E-state index in [-0.39, 0.29) is 23.9 Å². The van der Waals surface area contributed by atoms with Crippen LogP contribution < -0.4 is 5.43 Å². The van der Waals surface area contributed by atoms with Gasteiger partial charge in [0.25, 0.3) is 5.78 Å². The van der Waals surface area contributed by atoms with Crippen molar-refractivity contribution in [3.05, 3.63) is 93.2 Å². The molecule has 7 nitrogen and oxygen atoms in total. The Balaban J connectivity index is 1.84. The molecule has 1 aromatic carbocycles. The lowest BCUT2D eigenvalue weighted by Crippen LogP contribution is -2.09. The number of halogens is 1. The van der Waals surface area contributed by atoms with E-state index in [2.05, 4.69) is 0 Å². The molecule has 0 saturated carbocycles. The van der Waals surface area contributed by atoms with Crippen LogP contribution in [-0.2, 0) is 16.0 Å².